The Kier molecular flexibility index (Phi) is 4.89. The van der Waals surface area contributed by atoms with Gasteiger partial charge in [-0.15, -0.1) is 0 Å². The van der Waals surface area contributed by atoms with Crippen LogP contribution in [0.5, 0.6) is 0 Å². The molecule has 3 heterocycles. The SMILES string of the molecule is Cc1nc2cccc(-c3cc4n(c3)C(CC(=O)O)CNC4=O)c2nc1NCCN. The molecule has 0 saturated heterocycles. The van der Waals surface area contributed by atoms with Crippen molar-refractivity contribution in [2.24, 2.45) is 5.73 Å². The number of rotatable bonds is 6. The van der Waals surface area contributed by atoms with Gasteiger partial charge in [0.25, 0.3) is 5.91 Å². The van der Waals surface area contributed by atoms with E-state index < -0.39 is 5.97 Å². The fourth-order valence-electron chi connectivity index (χ4n) is 3.64. The number of aliphatic carboxylic acids is 1. The third kappa shape index (κ3) is 3.52. The van der Waals surface area contributed by atoms with Crippen LogP contribution in [0.3, 0.4) is 0 Å². The lowest BCUT2D eigenvalue weighted by molar-refractivity contribution is -0.137. The van der Waals surface area contributed by atoms with Gasteiger partial charge in [0.1, 0.15) is 11.5 Å². The molecule has 1 unspecified atom stereocenters. The normalized spacial score (nSPS) is 15.8. The highest BCUT2D eigenvalue weighted by Crippen LogP contribution is 2.32. The van der Waals surface area contributed by atoms with Crippen LogP contribution in [0.25, 0.3) is 22.2 Å². The molecule has 1 aliphatic heterocycles. The van der Waals surface area contributed by atoms with Gasteiger partial charge in [0.15, 0.2) is 0 Å². The minimum absolute atomic E-state index is 0.0664. The van der Waals surface area contributed by atoms with Crippen molar-refractivity contribution in [3.05, 3.63) is 41.9 Å². The van der Waals surface area contributed by atoms with Gasteiger partial charge in [-0.1, -0.05) is 12.1 Å². The maximum atomic E-state index is 12.3. The molecule has 0 radical (unpaired) electrons. The quantitative estimate of drug-likeness (QED) is 0.498. The number of para-hydroxylation sites is 1. The molecule has 3 aromatic rings. The lowest BCUT2D eigenvalue weighted by Gasteiger charge is -2.25. The number of nitrogens with zero attached hydrogens (tertiary/aromatic N) is 3. The summed E-state index contributed by atoms with van der Waals surface area (Å²) in [7, 11) is 0. The predicted octanol–water partition coefficient (Wildman–Crippen LogP) is 1.54. The van der Waals surface area contributed by atoms with E-state index in [2.05, 4.69) is 15.6 Å². The number of fused-ring (bicyclic) bond motifs is 2. The summed E-state index contributed by atoms with van der Waals surface area (Å²) in [4.78, 5) is 32.9. The monoisotopic (exact) mass is 394 g/mol. The smallest absolute Gasteiger partial charge is 0.305 e. The van der Waals surface area contributed by atoms with E-state index in [1.807, 2.05) is 31.3 Å². The second kappa shape index (κ2) is 7.51. The number of carboxylic acids is 1. The van der Waals surface area contributed by atoms with Crippen LogP contribution in [-0.2, 0) is 4.79 Å². The maximum Gasteiger partial charge on any atom is 0.305 e. The Morgan fingerprint density at radius 2 is 2.24 bits per heavy atom. The number of nitrogens with one attached hydrogen (secondary N) is 2. The third-order valence-corrected chi connectivity index (χ3v) is 5.00. The van der Waals surface area contributed by atoms with Gasteiger partial charge in [0.05, 0.1) is 29.2 Å². The highest BCUT2D eigenvalue weighted by molar-refractivity contribution is 5.98. The van der Waals surface area contributed by atoms with Crippen LogP contribution in [0.15, 0.2) is 30.5 Å². The van der Waals surface area contributed by atoms with Crippen LogP contribution in [0.2, 0.25) is 0 Å². The molecule has 2 aromatic heterocycles. The average Bonchev–Trinajstić information content (AvgIpc) is 3.14. The van der Waals surface area contributed by atoms with E-state index in [0.717, 1.165) is 22.3 Å². The first-order chi connectivity index (χ1) is 14.0. The van der Waals surface area contributed by atoms with Crippen LogP contribution in [0.4, 0.5) is 5.82 Å². The Hall–Kier alpha value is -3.46. The lowest BCUT2D eigenvalue weighted by atomic mass is 10.1. The van der Waals surface area contributed by atoms with E-state index in [-0.39, 0.29) is 24.9 Å². The van der Waals surface area contributed by atoms with Crippen LogP contribution < -0.4 is 16.4 Å². The Balaban J connectivity index is 1.83. The number of carbonyl (C=O) groups excluding carboxylic acids is 1. The second-order valence-electron chi connectivity index (χ2n) is 7.03. The predicted molar refractivity (Wildman–Crippen MR) is 109 cm³/mol. The fourth-order valence-corrected chi connectivity index (χ4v) is 3.64. The summed E-state index contributed by atoms with van der Waals surface area (Å²) in [6.07, 6.45) is 1.76. The van der Waals surface area contributed by atoms with Crippen molar-refractivity contribution in [2.75, 3.05) is 25.0 Å². The largest absolute Gasteiger partial charge is 0.481 e. The van der Waals surface area contributed by atoms with Crippen molar-refractivity contribution in [3.8, 4) is 11.1 Å². The van der Waals surface area contributed by atoms with Crippen LogP contribution >= 0.6 is 0 Å². The van der Waals surface area contributed by atoms with E-state index in [0.29, 0.717) is 30.1 Å². The molecule has 0 fully saturated rings. The molecule has 1 amide bonds. The van der Waals surface area contributed by atoms with Gasteiger partial charge in [-0.3, -0.25) is 9.59 Å². The molecule has 5 N–H and O–H groups in total. The first-order valence-electron chi connectivity index (χ1n) is 9.41. The van der Waals surface area contributed by atoms with Gasteiger partial charge in [0.2, 0.25) is 0 Å². The van der Waals surface area contributed by atoms with Gasteiger partial charge in [-0.2, -0.15) is 0 Å². The molecule has 1 aromatic carbocycles. The lowest BCUT2D eigenvalue weighted by Crippen LogP contribution is -2.39. The summed E-state index contributed by atoms with van der Waals surface area (Å²) in [5.74, 6) is -0.458. The fraction of sp³-hybridized carbons (Fsp3) is 0.300. The summed E-state index contributed by atoms with van der Waals surface area (Å²) >= 11 is 0. The molecular formula is C20H22N6O3. The van der Waals surface area contributed by atoms with E-state index >= 15 is 0 Å². The standard InChI is InChI=1S/C20H22N6O3/c1-11-19(22-6-5-21)25-18-14(3-2-4-15(18)24-11)12-7-16-20(29)23-9-13(8-17(27)28)26(16)10-12/h2-4,7,10,13H,5-6,8-9,21H2,1H3,(H,22,25)(H,23,29)(H,27,28). The van der Waals surface area contributed by atoms with Crippen LogP contribution in [0.1, 0.15) is 28.6 Å². The molecule has 0 saturated carbocycles. The molecule has 0 spiro atoms. The van der Waals surface area contributed by atoms with Gasteiger partial charge in [-0.25, -0.2) is 9.97 Å². The highest BCUT2D eigenvalue weighted by atomic mass is 16.4. The Morgan fingerprint density at radius 3 is 3.00 bits per heavy atom. The van der Waals surface area contributed by atoms with E-state index in [1.54, 1.807) is 10.6 Å². The Bertz CT molecular complexity index is 1110. The summed E-state index contributed by atoms with van der Waals surface area (Å²) in [5.41, 5.74) is 9.87. The zero-order valence-electron chi connectivity index (χ0n) is 16.0. The third-order valence-electron chi connectivity index (χ3n) is 5.00. The number of hydrogen-bond acceptors (Lipinski definition) is 6. The second-order valence-corrected chi connectivity index (χ2v) is 7.03. The van der Waals surface area contributed by atoms with E-state index in [4.69, 9.17) is 10.7 Å². The molecule has 1 aliphatic rings. The number of anilines is 1. The van der Waals surface area contributed by atoms with Gasteiger partial charge in [0, 0.05) is 37.0 Å². The van der Waals surface area contributed by atoms with Gasteiger partial charge >= 0.3 is 5.97 Å². The maximum absolute atomic E-state index is 12.3. The summed E-state index contributed by atoms with van der Waals surface area (Å²) in [6, 6.07) is 7.14. The minimum Gasteiger partial charge on any atom is -0.481 e. The number of carbonyl (C=O) groups is 2. The molecule has 29 heavy (non-hydrogen) atoms. The number of nitrogens with two attached hydrogens (primary N) is 1. The summed E-state index contributed by atoms with van der Waals surface area (Å²) in [6.45, 7) is 3.23. The van der Waals surface area contributed by atoms with Crippen LogP contribution in [-0.4, -0.2) is 51.2 Å². The first kappa shape index (κ1) is 18.9. The van der Waals surface area contributed by atoms with Crippen LogP contribution in [0, 0.1) is 6.92 Å². The molecule has 4 rings (SSSR count). The number of amides is 1. The molecule has 1 atom stereocenters. The summed E-state index contributed by atoms with van der Waals surface area (Å²) < 4.78 is 1.75. The highest BCUT2D eigenvalue weighted by Gasteiger charge is 2.28. The zero-order chi connectivity index (χ0) is 20.5. The van der Waals surface area contributed by atoms with Gasteiger partial charge < -0.3 is 26.0 Å². The van der Waals surface area contributed by atoms with E-state index in [1.165, 1.54) is 0 Å². The summed E-state index contributed by atoms with van der Waals surface area (Å²) in [5, 5.41) is 15.1. The molecule has 0 aliphatic carbocycles. The molecule has 9 heteroatoms. The van der Waals surface area contributed by atoms with E-state index in [9.17, 15) is 14.7 Å². The number of aryl methyl sites for hydroxylation is 1. The number of aromatic nitrogens is 3. The van der Waals surface area contributed by atoms with Crippen molar-refractivity contribution < 1.29 is 14.7 Å². The van der Waals surface area contributed by atoms with Crippen molar-refractivity contribution in [3.63, 3.8) is 0 Å². The molecule has 150 valence electrons. The first-order valence-corrected chi connectivity index (χ1v) is 9.41. The minimum atomic E-state index is -0.908. The number of hydrogen-bond donors (Lipinski definition) is 4. The van der Waals surface area contributed by atoms with Gasteiger partial charge in [-0.05, 0) is 19.1 Å². The number of benzene rings is 1. The topological polar surface area (TPSA) is 135 Å². The Morgan fingerprint density at radius 1 is 1.41 bits per heavy atom. The van der Waals surface area contributed by atoms with Crippen molar-refractivity contribution in [2.45, 2.75) is 19.4 Å². The van der Waals surface area contributed by atoms with Crippen molar-refractivity contribution >= 4 is 28.7 Å². The average molecular weight is 394 g/mol. The zero-order valence-corrected chi connectivity index (χ0v) is 16.0. The number of carboxylic acid groups (broad SMARTS) is 1. The molecule has 9 nitrogen and oxygen atoms in total. The molecular weight excluding hydrogens is 372 g/mol. The molecule has 0 bridgehead atoms. The van der Waals surface area contributed by atoms with Crippen molar-refractivity contribution in [1.29, 1.82) is 0 Å². The van der Waals surface area contributed by atoms with Crippen molar-refractivity contribution in [1.82, 2.24) is 19.9 Å². The Labute approximate surface area is 166 Å².